The molecule has 2 saturated heterocycles. The number of nitrogens with zero attached hydrogens (tertiary/aromatic N) is 2. The molecule has 164 valence electrons. The van der Waals surface area contributed by atoms with Crippen LogP contribution in [-0.2, 0) is 19.1 Å². The van der Waals surface area contributed by atoms with Crippen molar-refractivity contribution in [1.82, 2.24) is 15.1 Å². The topological polar surface area (TPSA) is 116 Å². The van der Waals surface area contributed by atoms with Crippen LogP contribution in [0.15, 0.2) is 0 Å². The highest BCUT2D eigenvalue weighted by molar-refractivity contribution is 5.96. The molecule has 2 heterocycles. The van der Waals surface area contributed by atoms with Crippen LogP contribution in [0.25, 0.3) is 0 Å². The second kappa shape index (κ2) is 8.59. The van der Waals surface area contributed by atoms with Crippen molar-refractivity contribution in [1.29, 1.82) is 0 Å². The molecule has 2 aliphatic rings. The van der Waals surface area contributed by atoms with Crippen molar-refractivity contribution in [2.24, 2.45) is 5.92 Å². The Bertz CT molecular complexity index is 672. The van der Waals surface area contributed by atoms with Gasteiger partial charge in [0.25, 0.3) is 0 Å². The standard InChI is InChI=1S/C20H33N3O6/c1-13(2)15(21-18(28)29-19(3,4)5)16(26)23-11-7-9-20(23)8-6-10-22(17(20)27)12-14(24)25/h13,15H,6-12H2,1-5H3,(H,21,28)(H,24,25)/t15-,20?/m0/s1. The van der Waals surface area contributed by atoms with E-state index in [2.05, 4.69) is 5.32 Å². The maximum Gasteiger partial charge on any atom is 0.408 e. The van der Waals surface area contributed by atoms with Crippen LogP contribution in [-0.4, -0.2) is 75.6 Å². The van der Waals surface area contributed by atoms with Crippen molar-refractivity contribution in [3.8, 4) is 0 Å². The number of nitrogens with one attached hydrogen (secondary N) is 1. The Hall–Kier alpha value is -2.32. The summed E-state index contributed by atoms with van der Waals surface area (Å²) in [6.07, 6.45) is 1.63. The normalized spacial score (nSPS) is 23.4. The van der Waals surface area contributed by atoms with E-state index in [1.807, 2.05) is 13.8 Å². The number of hydrogen-bond acceptors (Lipinski definition) is 5. The molecule has 29 heavy (non-hydrogen) atoms. The fourth-order valence-corrected chi connectivity index (χ4v) is 4.18. The number of rotatable bonds is 5. The molecule has 2 fully saturated rings. The van der Waals surface area contributed by atoms with Crippen molar-refractivity contribution in [3.05, 3.63) is 0 Å². The SMILES string of the molecule is CC(C)[C@H](NC(=O)OC(C)(C)C)C(=O)N1CCCC12CCCN(CC(=O)O)C2=O. The van der Waals surface area contributed by atoms with E-state index >= 15 is 0 Å². The van der Waals surface area contributed by atoms with Gasteiger partial charge in [-0.25, -0.2) is 4.79 Å². The summed E-state index contributed by atoms with van der Waals surface area (Å²) >= 11 is 0. The first-order chi connectivity index (χ1) is 13.4. The number of aliphatic carboxylic acids is 1. The fourth-order valence-electron chi connectivity index (χ4n) is 4.18. The zero-order valence-electron chi connectivity index (χ0n) is 18.0. The summed E-state index contributed by atoms with van der Waals surface area (Å²) in [4.78, 5) is 52.8. The number of carbonyl (C=O) groups excluding carboxylic acids is 3. The van der Waals surface area contributed by atoms with Crippen LogP contribution in [0.5, 0.6) is 0 Å². The van der Waals surface area contributed by atoms with Gasteiger partial charge >= 0.3 is 12.1 Å². The van der Waals surface area contributed by atoms with Crippen LogP contribution in [0.1, 0.15) is 60.3 Å². The number of ether oxygens (including phenoxy) is 1. The monoisotopic (exact) mass is 411 g/mol. The van der Waals surface area contributed by atoms with Crippen molar-refractivity contribution in [3.63, 3.8) is 0 Å². The molecular weight excluding hydrogens is 378 g/mol. The average Bonchev–Trinajstić information content (AvgIpc) is 2.98. The van der Waals surface area contributed by atoms with E-state index in [1.54, 1.807) is 25.7 Å². The van der Waals surface area contributed by atoms with Gasteiger partial charge in [0, 0.05) is 13.1 Å². The van der Waals surface area contributed by atoms with E-state index < -0.39 is 29.2 Å². The molecule has 3 amide bonds. The molecule has 0 radical (unpaired) electrons. The Morgan fingerprint density at radius 3 is 2.28 bits per heavy atom. The lowest BCUT2D eigenvalue weighted by molar-refractivity contribution is -0.159. The van der Waals surface area contributed by atoms with Gasteiger partial charge in [0.15, 0.2) is 0 Å². The summed E-state index contributed by atoms with van der Waals surface area (Å²) in [5.74, 6) is -1.91. The van der Waals surface area contributed by atoms with Crippen LogP contribution in [0.4, 0.5) is 4.79 Å². The zero-order chi connectivity index (χ0) is 22.0. The molecule has 2 aliphatic heterocycles. The highest BCUT2D eigenvalue weighted by Crippen LogP contribution is 2.39. The van der Waals surface area contributed by atoms with E-state index in [4.69, 9.17) is 9.84 Å². The minimum Gasteiger partial charge on any atom is -0.480 e. The minimum absolute atomic E-state index is 0.207. The number of carbonyl (C=O) groups is 4. The number of amides is 3. The Labute approximate surface area is 171 Å². The van der Waals surface area contributed by atoms with Gasteiger partial charge in [-0.2, -0.15) is 0 Å². The lowest BCUT2D eigenvalue weighted by Crippen LogP contribution is -2.65. The van der Waals surface area contributed by atoms with Crippen molar-refractivity contribution in [2.75, 3.05) is 19.6 Å². The molecule has 0 aromatic heterocycles. The number of likely N-dealkylation sites (tertiary alicyclic amines) is 2. The van der Waals surface area contributed by atoms with Crippen molar-refractivity contribution >= 4 is 23.9 Å². The van der Waals surface area contributed by atoms with Gasteiger partial charge in [-0.1, -0.05) is 13.8 Å². The third kappa shape index (κ3) is 5.19. The quantitative estimate of drug-likeness (QED) is 0.710. The summed E-state index contributed by atoms with van der Waals surface area (Å²) in [7, 11) is 0. The number of carboxylic acid groups (broad SMARTS) is 1. The molecule has 1 unspecified atom stereocenters. The Morgan fingerprint density at radius 1 is 1.17 bits per heavy atom. The van der Waals surface area contributed by atoms with Crippen molar-refractivity contribution in [2.45, 2.75) is 77.5 Å². The Kier molecular flexibility index (Phi) is 6.80. The van der Waals surface area contributed by atoms with E-state index in [0.717, 1.165) is 0 Å². The fraction of sp³-hybridized carbons (Fsp3) is 0.800. The molecule has 9 nitrogen and oxygen atoms in total. The summed E-state index contributed by atoms with van der Waals surface area (Å²) in [5.41, 5.74) is -1.71. The van der Waals surface area contributed by atoms with Gasteiger partial charge in [-0.3, -0.25) is 14.4 Å². The molecule has 0 bridgehead atoms. The maximum atomic E-state index is 13.4. The van der Waals surface area contributed by atoms with E-state index in [1.165, 1.54) is 4.90 Å². The summed E-state index contributed by atoms with van der Waals surface area (Å²) < 4.78 is 5.29. The molecule has 2 atom stereocenters. The highest BCUT2D eigenvalue weighted by atomic mass is 16.6. The first-order valence-electron chi connectivity index (χ1n) is 10.2. The molecule has 0 aromatic rings. The van der Waals surface area contributed by atoms with Crippen LogP contribution in [0.3, 0.4) is 0 Å². The third-order valence-electron chi connectivity index (χ3n) is 5.39. The Balaban J connectivity index is 2.23. The molecule has 2 rings (SSSR count). The minimum atomic E-state index is -1.07. The number of hydrogen-bond donors (Lipinski definition) is 2. The number of alkyl carbamates (subject to hydrolysis) is 1. The van der Waals surface area contributed by atoms with Gasteiger partial charge in [0.1, 0.15) is 23.7 Å². The maximum absolute atomic E-state index is 13.4. The zero-order valence-corrected chi connectivity index (χ0v) is 18.0. The highest BCUT2D eigenvalue weighted by Gasteiger charge is 2.54. The van der Waals surface area contributed by atoms with E-state index in [9.17, 15) is 19.2 Å². The van der Waals surface area contributed by atoms with Gasteiger partial charge in [-0.15, -0.1) is 0 Å². The van der Waals surface area contributed by atoms with Crippen LogP contribution in [0, 0.1) is 5.92 Å². The van der Waals surface area contributed by atoms with Gasteiger partial charge in [0.05, 0.1) is 0 Å². The molecule has 0 saturated carbocycles. The lowest BCUT2D eigenvalue weighted by Gasteiger charge is -2.45. The van der Waals surface area contributed by atoms with Gasteiger partial charge in [0.2, 0.25) is 11.8 Å². The molecule has 0 aliphatic carbocycles. The van der Waals surface area contributed by atoms with E-state index in [0.29, 0.717) is 38.8 Å². The van der Waals surface area contributed by atoms with Crippen LogP contribution >= 0.6 is 0 Å². The third-order valence-corrected chi connectivity index (χ3v) is 5.39. The molecule has 2 N–H and O–H groups in total. The average molecular weight is 411 g/mol. The summed E-state index contributed by atoms with van der Waals surface area (Å²) in [6, 6.07) is -0.831. The van der Waals surface area contributed by atoms with Crippen molar-refractivity contribution < 1.29 is 29.0 Å². The van der Waals surface area contributed by atoms with Gasteiger partial charge < -0.3 is 25.0 Å². The molecule has 0 aromatic carbocycles. The first-order valence-corrected chi connectivity index (χ1v) is 10.2. The predicted molar refractivity (Wildman–Crippen MR) is 105 cm³/mol. The summed E-state index contributed by atoms with van der Waals surface area (Å²) in [6.45, 7) is 9.28. The van der Waals surface area contributed by atoms with E-state index in [-0.39, 0.29) is 24.3 Å². The molecule has 9 heteroatoms. The second-order valence-corrected chi connectivity index (χ2v) is 9.22. The summed E-state index contributed by atoms with van der Waals surface area (Å²) in [5, 5.41) is 11.8. The lowest BCUT2D eigenvalue weighted by atomic mass is 9.84. The van der Waals surface area contributed by atoms with Gasteiger partial charge in [-0.05, 0) is 52.4 Å². The molecule has 1 spiro atoms. The number of carboxylic acids is 1. The predicted octanol–water partition coefficient (Wildman–Crippen LogP) is 1.60. The largest absolute Gasteiger partial charge is 0.480 e. The molecular formula is C20H33N3O6. The van der Waals surface area contributed by atoms with Crippen LogP contribution in [0.2, 0.25) is 0 Å². The smallest absolute Gasteiger partial charge is 0.408 e. The van der Waals surface area contributed by atoms with Crippen LogP contribution < -0.4 is 5.32 Å². The Morgan fingerprint density at radius 2 is 1.76 bits per heavy atom. The second-order valence-electron chi connectivity index (χ2n) is 9.22. The number of piperidine rings is 1. The first kappa shape index (κ1) is 23.0.